The van der Waals surface area contributed by atoms with Crippen molar-refractivity contribution in [3.05, 3.63) is 36.4 Å². The van der Waals surface area contributed by atoms with E-state index in [1.54, 1.807) is 19.2 Å². The highest BCUT2D eigenvalue weighted by Crippen LogP contribution is 2.17. The number of ether oxygens (including phenoxy) is 1. The standard InChI is InChI=1S/C14H19N5O.ClH/c1-20-12-7-5-11(6-8-12)17-13(15)18-14(16)19-9-3-2-4-10-19;/h2-3,5-8H,4,9-10H2,1H3,(H4,15,16,17,18);1H. The fourth-order valence-electron chi connectivity index (χ4n) is 1.85. The zero-order valence-electron chi connectivity index (χ0n) is 11.9. The van der Waals surface area contributed by atoms with Gasteiger partial charge in [0.25, 0.3) is 0 Å². The highest BCUT2D eigenvalue weighted by molar-refractivity contribution is 5.94. The first-order valence-corrected chi connectivity index (χ1v) is 6.41. The van der Waals surface area contributed by atoms with Crippen LogP contribution >= 0.6 is 12.4 Å². The van der Waals surface area contributed by atoms with E-state index >= 15 is 0 Å². The Balaban J connectivity index is 0.00000220. The second kappa shape index (κ2) is 8.16. The summed E-state index contributed by atoms with van der Waals surface area (Å²) in [6.45, 7) is 1.60. The third-order valence-electron chi connectivity index (χ3n) is 2.93. The zero-order chi connectivity index (χ0) is 14.4. The van der Waals surface area contributed by atoms with E-state index in [0.29, 0.717) is 11.6 Å². The average molecular weight is 310 g/mol. The van der Waals surface area contributed by atoms with E-state index in [9.17, 15) is 0 Å². The van der Waals surface area contributed by atoms with Crippen LogP contribution < -0.4 is 16.2 Å². The van der Waals surface area contributed by atoms with Crippen LogP contribution in [0.4, 0.5) is 5.69 Å². The van der Waals surface area contributed by atoms with Crippen molar-refractivity contribution in [3.63, 3.8) is 0 Å². The summed E-state index contributed by atoms with van der Waals surface area (Å²) in [6, 6.07) is 7.24. The Labute approximate surface area is 130 Å². The van der Waals surface area contributed by atoms with E-state index in [0.717, 1.165) is 25.3 Å². The zero-order valence-corrected chi connectivity index (χ0v) is 12.7. The highest BCUT2D eigenvalue weighted by atomic mass is 35.5. The maximum atomic E-state index is 5.91. The first-order chi connectivity index (χ1) is 9.69. The Morgan fingerprint density at radius 2 is 1.90 bits per heavy atom. The van der Waals surface area contributed by atoms with Crippen LogP contribution in [0.15, 0.2) is 46.4 Å². The largest absolute Gasteiger partial charge is 0.497 e. The smallest absolute Gasteiger partial charge is 0.223 e. The summed E-state index contributed by atoms with van der Waals surface area (Å²) < 4.78 is 5.08. The van der Waals surface area contributed by atoms with Crippen molar-refractivity contribution in [3.8, 4) is 5.75 Å². The first kappa shape index (κ1) is 16.8. The van der Waals surface area contributed by atoms with Crippen molar-refractivity contribution < 1.29 is 4.74 Å². The highest BCUT2D eigenvalue weighted by Gasteiger charge is 2.08. The summed E-state index contributed by atoms with van der Waals surface area (Å²) in [5.41, 5.74) is 12.4. The number of rotatable bonds is 2. The van der Waals surface area contributed by atoms with Crippen LogP contribution in [0.25, 0.3) is 0 Å². The monoisotopic (exact) mass is 309 g/mol. The van der Waals surface area contributed by atoms with Gasteiger partial charge in [-0.2, -0.15) is 4.99 Å². The molecular formula is C14H20ClN5O. The molecule has 0 radical (unpaired) electrons. The van der Waals surface area contributed by atoms with Gasteiger partial charge in [0, 0.05) is 13.1 Å². The van der Waals surface area contributed by atoms with E-state index in [1.165, 1.54) is 0 Å². The first-order valence-electron chi connectivity index (χ1n) is 6.41. The minimum Gasteiger partial charge on any atom is -0.497 e. The lowest BCUT2D eigenvalue weighted by Crippen LogP contribution is -2.40. The molecule has 1 aliphatic heterocycles. The number of benzene rings is 1. The van der Waals surface area contributed by atoms with Gasteiger partial charge in [-0.1, -0.05) is 12.2 Å². The van der Waals surface area contributed by atoms with Gasteiger partial charge in [0.05, 0.1) is 12.8 Å². The number of nitrogens with zero attached hydrogens (tertiary/aromatic N) is 3. The van der Waals surface area contributed by atoms with Crippen LogP contribution in [0, 0.1) is 0 Å². The number of hydrogen-bond donors (Lipinski definition) is 2. The fourth-order valence-corrected chi connectivity index (χ4v) is 1.85. The van der Waals surface area contributed by atoms with Crippen molar-refractivity contribution in [2.45, 2.75) is 6.42 Å². The van der Waals surface area contributed by atoms with Crippen LogP contribution in [-0.2, 0) is 0 Å². The summed E-state index contributed by atoms with van der Waals surface area (Å²) in [5.74, 6) is 1.30. The van der Waals surface area contributed by atoms with Gasteiger partial charge in [-0.15, -0.1) is 12.4 Å². The van der Waals surface area contributed by atoms with Gasteiger partial charge in [0.15, 0.2) is 5.96 Å². The van der Waals surface area contributed by atoms with E-state index in [1.807, 2.05) is 17.0 Å². The van der Waals surface area contributed by atoms with Crippen molar-refractivity contribution >= 4 is 30.0 Å². The van der Waals surface area contributed by atoms with Crippen LogP contribution in [-0.4, -0.2) is 37.0 Å². The van der Waals surface area contributed by atoms with Crippen LogP contribution in [0.5, 0.6) is 5.75 Å². The molecule has 21 heavy (non-hydrogen) atoms. The molecule has 1 heterocycles. The molecule has 0 saturated carbocycles. The van der Waals surface area contributed by atoms with E-state index < -0.39 is 0 Å². The molecule has 0 saturated heterocycles. The summed E-state index contributed by atoms with van der Waals surface area (Å²) >= 11 is 0. The molecule has 2 rings (SSSR count). The number of aliphatic imine (C=N–C) groups is 2. The number of hydrogen-bond acceptors (Lipinski definition) is 2. The molecular weight excluding hydrogens is 290 g/mol. The maximum absolute atomic E-state index is 5.91. The third-order valence-corrected chi connectivity index (χ3v) is 2.93. The second-order valence-electron chi connectivity index (χ2n) is 4.34. The lowest BCUT2D eigenvalue weighted by molar-refractivity contribution is 0.415. The van der Waals surface area contributed by atoms with Crippen molar-refractivity contribution in [2.75, 3.05) is 20.2 Å². The molecule has 114 valence electrons. The molecule has 1 aromatic carbocycles. The lowest BCUT2D eigenvalue weighted by Gasteiger charge is -2.23. The minimum absolute atomic E-state index is 0. The molecule has 0 spiro atoms. The van der Waals surface area contributed by atoms with Crippen molar-refractivity contribution in [2.24, 2.45) is 21.5 Å². The van der Waals surface area contributed by atoms with E-state index in [4.69, 9.17) is 16.2 Å². The number of halogens is 1. The Morgan fingerprint density at radius 1 is 1.19 bits per heavy atom. The lowest BCUT2D eigenvalue weighted by atomic mass is 10.3. The predicted octanol–water partition coefficient (Wildman–Crippen LogP) is 1.64. The molecule has 0 amide bonds. The van der Waals surface area contributed by atoms with Crippen LogP contribution in [0.3, 0.4) is 0 Å². The van der Waals surface area contributed by atoms with Crippen molar-refractivity contribution in [1.82, 2.24) is 4.90 Å². The topological polar surface area (TPSA) is 89.2 Å². The van der Waals surface area contributed by atoms with Gasteiger partial charge in [-0.25, -0.2) is 4.99 Å². The number of guanidine groups is 2. The molecule has 0 unspecified atom stereocenters. The van der Waals surface area contributed by atoms with E-state index in [-0.39, 0.29) is 18.4 Å². The maximum Gasteiger partial charge on any atom is 0.223 e. The minimum atomic E-state index is 0. The SMILES string of the molecule is COc1ccc(N=C(N)N=C(N)N2CC=CCC2)cc1.Cl. The van der Waals surface area contributed by atoms with Gasteiger partial charge in [0.1, 0.15) is 5.75 Å². The molecule has 1 aromatic rings. The molecule has 6 nitrogen and oxygen atoms in total. The molecule has 0 aromatic heterocycles. The number of methoxy groups -OCH3 is 1. The summed E-state index contributed by atoms with van der Waals surface area (Å²) in [6.07, 6.45) is 5.15. The van der Waals surface area contributed by atoms with E-state index in [2.05, 4.69) is 22.1 Å². The van der Waals surface area contributed by atoms with Gasteiger partial charge in [0.2, 0.25) is 5.96 Å². The summed E-state index contributed by atoms with van der Waals surface area (Å²) in [4.78, 5) is 10.3. The van der Waals surface area contributed by atoms with Crippen molar-refractivity contribution in [1.29, 1.82) is 0 Å². The van der Waals surface area contributed by atoms with Crippen LogP contribution in [0.1, 0.15) is 6.42 Å². The average Bonchev–Trinajstić information content (AvgIpc) is 2.49. The molecule has 0 aliphatic carbocycles. The van der Waals surface area contributed by atoms with Gasteiger partial charge >= 0.3 is 0 Å². The number of nitrogens with two attached hydrogens (primary N) is 2. The molecule has 0 bridgehead atoms. The summed E-state index contributed by atoms with van der Waals surface area (Å²) in [7, 11) is 1.62. The van der Waals surface area contributed by atoms with Gasteiger partial charge in [-0.3, -0.25) is 0 Å². The summed E-state index contributed by atoms with van der Waals surface area (Å²) in [5, 5.41) is 0. The molecule has 4 N–H and O–H groups in total. The fraction of sp³-hybridized carbons (Fsp3) is 0.286. The Kier molecular flexibility index (Phi) is 6.55. The molecule has 0 fully saturated rings. The molecule has 7 heteroatoms. The van der Waals surface area contributed by atoms with Crippen LogP contribution in [0.2, 0.25) is 0 Å². The normalized spacial score (nSPS) is 15.6. The quantitative estimate of drug-likeness (QED) is 0.494. The van der Waals surface area contributed by atoms with Gasteiger partial charge < -0.3 is 21.1 Å². The molecule has 0 atom stereocenters. The Bertz CT molecular complexity index is 539. The predicted molar refractivity (Wildman–Crippen MR) is 88.5 cm³/mol. The second-order valence-corrected chi connectivity index (χ2v) is 4.34. The third kappa shape index (κ3) is 5.00. The van der Waals surface area contributed by atoms with Gasteiger partial charge in [-0.05, 0) is 30.7 Å². The molecule has 1 aliphatic rings. The Morgan fingerprint density at radius 3 is 2.48 bits per heavy atom. The Hall–Kier alpha value is -2.21.